The number of amides is 1. The molecule has 0 radical (unpaired) electrons. The zero-order valence-corrected chi connectivity index (χ0v) is 13.6. The molecule has 0 aliphatic heterocycles. The predicted molar refractivity (Wildman–Crippen MR) is 93.9 cm³/mol. The first kappa shape index (κ1) is 17.5. The maximum Gasteiger partial charge on any atom is 0.416 e. The van der Waals surface area contributed by atoms with Crippen LogP contribution < -0.4 is 10.4 Å². The quantitative estimate of drug-likeness (QED) is 0.653. The van der Waals surface area contributed by atoms with Gasteiger partial charge in [0, 0.05) is 5.56 Å². The molecule has 0 aromatic heterocycles. The van der Waals surface area contributed by atoms with Gasteiger partial charge in [-0.05, 0) is 48.5 Å². The number of hydrogen-bond acceptors (Lipinski definition) is 2. The number of hydrazine groups is 1. The minimum absolute atomic E-state index is 0.134. The van der Waals surface area contributed by atoms with Crippen molar-refractivity contribution >= 4 is 17.3 Å². The molecule has 0 fully saturated rings. The first-order valence-electron chi connectivity index (χ1n) is 7.83. The molecular weight excluding hydrogens is 341 g/mol. The van der Waals surface area contributed by atoms with Gasteiger partial charge in [-0.2, -0.15) is 13.2 Å². The number of alkyl halides is 3. The zero-order chi connectivity index (χ0) is 18.6. The molecule has 132 valence electrons. The van der Waals surface area contributed by atoms with Gasteiger partial charge in [-0.3, -0.25) is 15.2 Å². The smallest absolute Gasteiger partial charge is 0.267 e. The van der Waals surface area contributed by atoms with Crippen LogP contribution in [0.1, 0.15) is 15.9 Å². The number of halogens is 3. The van der Waals surface area contributed by atoms with E-state index in [1.54, 1.807) is 5.01 Å². The van der Waals surface area contributed by atoms with Crippen molar-refractivity contribution in [1.82, 2.24) is 5.43 Å². The summed E-state index contributed by atoms with van der Waals surface area (Å²) in [6.07, 6.45) is -4.44. The topological polar surface area (TPSA) is 32.3 Å². The third-order valence-corrected chi connectivity index (χ3v) is 3.72. The van der Waals surface area contributed by atoms with Crippen LogP contribution in [-0.4, -0.2) is 5.91 Å². The molecule has 1 amide bonds. The highest BCUT2D eigenvalue weighted by Gasteiger charge is 2.30. The molecule has 26 heavy (non-hydrogen) atoms. The van der Waals surface area contributed by atoms with Gasteiger partial charge in [0.15, 0.2) is 0 Å². The van der Waals surface area contributed by atoms with Crippen LogP contribution in [0, 0.1) is 0 Å². The van der Waals surface area contributed by atoms with E-state index in [9.17, 15) is 18.0 Å². The molecule has 3 nitrogen and oxygen atoms in total. The monoisotopic (exact) mass is 356 g/mol. The fraction of sp³-hybridized carbons (Fsp3) is 0.0500. The van der Waals surface area contributed by atoms with E-state index in [0.717, 1.165) is 35.6 Å². The number of rotatable bonds is 4. The van der Waals surface area contributed by atoms with E-state index in [0.29, 0.717) is 0 Å². The van der Waals surface area contributed by atoms with E-state index in [-0.39, 0.29) is 5.56 Å². The molecule has 0 aliphatic carbocycles. The molecule has 0 bridgehead atoms. The Hall–Kier alpha value is -3.28. The van der Waals surface area contributed by atoms with Gasteiger partial charge in [0.2, 0.25) is 0 Å². The maximum absolute atomic E-state index is 12.7. The molecule has 0 unspecified atom stereocenters. The Morgan fingerprint density at radius 2 is 1.19 bits per heavy atom. The molecule has 0 aliphatic rings. The third-order valence-electron chi connectivity index (χ3n) is 3.72. The molecule has 0 spiro atoms. The van der Waals surface area contributed by atoms with Crippen LogP contribution in [0.3, 0.4) is 0 Å². The summed E-state index contributed by atoms with van der Waals surface area (Å²) >= 11 is 0. The zero-order valence-electron chi connectivity index (χ0n) is 13.6. The summed E-state index contributed by atoms with van der Waals surface area (Å²) in [5.41, 5.74) is 3.52. The van der Waals surface area contributed by atoms with Crippen molar-refractivity contribution in [1.29, 1.82) is 0 Å². The van der Waals surface area contributed by atoms with Crippen LogP contribution in [0.25, 0.3) is 0 Å². The lowest BCUT2D eigenvalue weighted by Crippen LogP contribution is -2.38. The molecule has 0 saturated carbocycles. The number of carbonyl (C=O) groups is 1. The van der Waals surface area contributed by atoms with E-state index in [2.05, 4.69) is 5.43 Å². The first-order valence-corrected chi connectivity index (χ1v) is 7.83. The van der Waals surface area contributed by atoms with Crippen molar-refractivity contribution in [3.63, 3.8) is 0 Å². The number of carbonyl (C=O) groups excluding carboxylic acids is 1. The van der Waals surface area contributed by atoms with E-state index in [4.69, 9.17) is 0 Å². The van der Waals surface area contributed by atoms with Gasteiger partial charge in [-0.1, -0.05) is 36.4 Å². The molecule has 0 atom stereocenters. The molecule has 0 heterocycles. The van der Waals surface area contributed by atoms with Crippen LogP contribution in [0.2, 0.25) is 0 Å². The molecule has 3 aromatic rings. The van der Waals surface area contributed by atoms with Crippen LogP contribution in [0.5, 0.6) is 0 Å². The number of para-hydroxylation sites is 2. The fourth-order valence-electron chi connectivity index (χ4n) is 2.41. The third kappa shape index (κ3) is 4.03. The Labute approximate surface area is 148 Å². The number of nitrogens with one attached hydrogen (secondary N) is 1. The average Bonchev–Trinajstić information content (AvgIpc) is 2.67. The van der Waals surface area contributed by atoms with Gasteiger partial charge in [-0.25, -0.2) is 0 Å². The summed E-state index contributed by atoms with van der Waals surface area (Å²) in [6.45, 7) is 0. The van der Waals surface area contributed by atoms with Crippen molar-refractivity contribution in [3.8, 4) is 0 Å². The lowest BCUT2D eigenvalue weighted by atomic mass is 10.1. The Balaban J connectivity index is 1.86. The van der Waals surface area contributed by atoms with Crippen molar-refractivity contribution in [2.45, 2.75) is 6.18 Å². The summed E-state index contributed by atoms with van der Waals surface area (Å²) in [7, 11) is 0. The van der Waals surface area contributed by atoms with Gasteiger partial charge in [-0.15, -0.1) is 0 Å². The summed E-state index contributed by atoms with van der Waals surface area (Å²) in [4.78, 5) is 12.5. The van der Waals surface area contributed by atoms with Crippen molar-refractivity contribution in [3.05, 3.63) is 96.1 Å². The van der Waals surface area contributed by atoms with E-state index in [1.165, 1.54) is 0 Å². The summed E-state index contributed by atoms with van der Waals surface area (Å²) in [6, 6.07) is 22.4. The van der Waals surface area contributed by atoms with Gasteiger partial charge >= 0.3 is 6.18 Å². The average molecular weight is 356 g/mol. The standard InChI is InChI=1S/C20H15F3N2O/c21-20(22,23)16-13-11-15(12-14-16)19(26)24-25(17-7-3-1-4-8-17)18-9-5-2-6-10-18/h1-14H,(H,24,26). The van der Waals surface area contributed by atoms with Crippen molar-refractivity contribution in [2.75, 3.05) is 5.01 Å². The lowest BCUT2D eigenvalue weighted by molar-refractivity contribution is -0.137. The van der Waals surface area contributed by atoms with E-state index >= 15 is 0 Å². The van der Waals surface area contributed by atoms with Crippen LogP contribution in [-0.2, 0) is 6.18 Å². The highest BCUT2D eigenvalue weighted by atomic mass is 19.4. The van der Waals surface area contributed by atoms with Gasteiger partial charge in [0.1, 0.15) is 0 Å². The first-order chi connectivity index (χ1) is 12.4. The molecular formula is C20H15F3N2O. The highest BCUT2D eigenvalue weighted by Crippen LogP contribution is 2.29. The van der Waals surface area contributed by atoms with Crippen LogP contribution in [0.15, 0.2) is 84.9 Å². The molecule has 3 rings (SSSR count). The minimum Gasteiger partial charge on any atom is -0.267 e. The number of nitrogens with zero attached hydrogens (tertiary/aromatic N) is 1. The van der Waals surface area contributed by atoms with E-state index < -0.39 is 17.6 Å². The Kier molecular flexibility index (Phi) is 4.93. The van der Waals surface area contributed by atoms with Gasteiger partial charge in [0.05, 0.1) is 16.9 Å². The predicted octanol–water partition coefficient (Wildman–Crippen LogP) is 5.19. The van der Waals surface area contributed by atoms with E-state index in [1.807, 2.05) is 60.7 Å². The fourth-order valence-corrected chi connectivity index (χ4v) is 2.41. The Morgan fingerprint density at radius 3 is 1.62 bits per heavy atom. The largest absolute Gasteiger partial charge is 0.416 e. The van der Waals surface area contributed by atoms with Crippen LogP contribution >= 0.6 is 0 Å². The van der Waals surface area contributed by atoms with Gasteiger partial charge in [0.25, 0.3) is 5.91 Å². The summed E-state index contributed by atoms with van der Waals surface area (Å²) in [5.74, 6) is -0.508. The van der Waals surface area contributed by atoms with Crippen molar-refractivity contribution < 1.29 is 18.0 Å². The Morgan fingerprint density at radius 1 is 0.731 bits per heavy atom. The summed E-state index contributed by atoms with van der Waals surface area (Å²) < 4.78 is 38.0. The lowest BCUT2D eigenvalue weighted by Gasteiger charge is -2.25. The molecule has 6 heteroatoms. The number of anilines is 2. The second-order valence-electron chi connectivity index (χ2n) is 5.52. The maximum atomic E-state index is 12.7. The molecule has 3 aromatic carbocycles. The SMILES string of the molecule is O=C(NN(c1ccccc1)c1ccccc1)c1ccc(C(F)(F)F)cc1. The van der Waals surface area contributed by atoms with Crippen LogP contribution in [0.4, 0.5) is 24.5 Å². The second kappa shape index (κ2) is 7.31. The summed E-state index contributed by atoms with van der Waals surface area (Å²) in [5, 5.41) is 1.58. The minimum atomic E-state index is -4.44. The number of hydrogen-bond donors (Lipinski definition) is 1. The van der Waals surface area contributed by atoms with Crippen molar-refractivity contribution in [2.24, 2.45) is 0 Å². The Bertz CT molecular complexity index is 824. The highest BCUT2D eigenvalue weighted by molar-refractivity contribution is 5.96. The van der Waals surface area contributed by atoms with Gasteiger partial charge < -0.3 is 0 Å². The molecule has 0 saturated heterocycles. The number of benzene rings is 3. The second-order valence-corrected chi connectivity index (χ2v) is 5.52. The molecule has 1 N–H and O–H groups in total. The normalized spacial score (nSPS) is 11.0.